The van der Waals surface area contributed by atoms with Gasteiger partial charge in [-0.05, 0) is 63.5 Å². The zero-order valence-electron chi connectivity index (χ0n) is 17.7. The van der Waals surface area contributed by atoms with E-state index in [1.165, 1.54) is 18.2 Å². The Morgan fingerprint density at radius 2 is 1.35 bits per heavy atom. The Morgan fingerprint density at radius 3 is 2.03 bits per heavy atom. The van der Waals surface area contributed by atoms with E-state index in [-0.39, 0.29) is 11.5 Å². The van der Waals surface area contributed by atoms with E-state index in [9.17, 15) is 14.5 Å². The van der Waals surface area contributed by atoms with Crippen LogP contribution in [0.15, 0.2) is 102 Å². The molecule has 0 radical (unpaired) electrons. The lowest BCUT2D eigenvalue weighted by Gasteiger charge is -2.06. The number of H-pyrrole nitrogens is 1. The van der Waals surface area contributed by atoms with E-state index in [1.54, 1.807) is 24.3 Å². The molecule has 5 nitrogen and oxygen atoms in total. The predicted octanol–water partition coefficient (Wildman–Crippen LogP) is 7.89. The number of nitro benzene ring substituents is 1. The Kier molecular flexibility index (Phi) is 5.77. The van der Waals surface area contributed by atoms with Crippen molar-refractivity contribution in [1.29, 1.82) is 0 Å². The van der Waals surface area contributed by atoms with Crippen LogP contribution >= 0.6 is 15.9 Å². The van der Waals surface area contributed by atoms with Crippen molar-refractivity contribution in [3.8, 4) is 45.0 Å². The van der Waals surface area contributed by atoms with Crippen molar-refractivity contribution >= 4 is 21.6 Å². The second-order valence-corrected chi connectivity index (χ2v) is 8.54. The third kappa shape index (κ3) is 4.25. The van der Waals surface area contributed by atoms with Gasteiger partial charge in [0.1, 0.15) is 11.6 Å². The molecule has 0 aliphatic carbocycles. The monoisotopic (exact) mass is 513 g/mol. The van der Waals surface area contributed by atoms with E-state index in [2.05, 4.69) is 20.9 Å². The smallest absolute Gasteiger partial charge is 0.284 e. The van der Waals surface area contributed by atoms with E-state index in [0.29, 0.717) is 27.2 Å². The summed E-state index contributed by atoms with van der Waals surface area (Å²) in [6.45, 7) is 0. The standard InChI is InChI=1S/C27H17BrFN3O2/c28-23-15-12-21(16-24(23)32(33)34)27-30-25(26(31-27)20-10-13-22(29)14-11-20)19-8-6-18(7-9-19)17-4-2-1-3-5-17/h1-16H,(H,30,31). The minimum atomic E-state index is -0.444. The first-order valence-corrected chi connectivity index (χ1v) is 11.2. The van der Waals surface area contributed by atoms with Gasteiger partial charge in [0.2, 0.25) is 0 Å². The number of aromatic nitrogens is 2. The fourth-order valence-corrected chi connectivity index (χ4v) is 4.19. The fraction of sp³-hybridized carbons (Fsp3) is 0. The Bertz CT molecular complexity index is 1480. The number of nitrogens with zero attached hydrogens (tertiary/aromatic N) is 2. The van der Waals surface area contributed by atoms with Crippen molar-refractivity contribution in [2.24, 2.45) is 0 Å². The third-order valence-electron chi connectivity index (χ3n) is 5.52. The second-order valence-electron chi connectivity index (χ2n) is 7.68. The zero-order chi connectivity index (χ0) is 23.7. The van der Waals surface area contributed by atoms with Gasteiger partial charge in [-0.25, -0.2) is 9.37 Å². The highest BCUT2D eigenvalue weighted by atomic mass is 79.9. The molecule has 0 atom stereocenters. The van der Waals surface area contributed by atoms with Gasteiger partial charge in [0, 0.05) is 22.8 Å². The first kappa shape index (κ1) is 21.7. The maximum absolute atomic E-state index is 13.6. The van der Waals surface area contributed by atoms with Gasteiger partial charge in [-0.2, -0.15) is 0 Å². The minimum Gasteiger partial charge on any atom is -0.337 e. The van der Waals surface area contributed by atoms with Gasteiger partial charge in [-0.15, -0.1) is 0 Å². The number of halogens is 2. The number of rotatable bonds is 5. The average molecular weight is 514 g/mol. The molecule has 0 unspecified atom stereocenters. The molecule has 0 bridgehead atoms. The molecule has 4 aromatic carbocycles. The highest BCUT2D eigenvalue weighted by molar-refractivity contribution is 9.10. The summed E-state index contributed by atoms with van der Waals surface area (Å²) in [6.07, 6.45) is 0. The largest absolute Gasteiger partial charge is 0.337 e. The molecule has 5 aromatic rings. The lowest BCUT2D eigenvalue weighted by molar-refractivity contribution is -0.385. The van der Waals surface area contributed by atoms with Crippen LogP contribution in [0.25, 0.3) is 45.0 Å². The Balaban J connectivity index is 1.63. The van der Waals surface area contributed by atoms with Crippen LogP contribution in [0.1, 0.15) is 0 Å². The molecule has 5 rings (SSSR count). The molecule has 1 aromatic heterocycles. The van der Waals surface area contributed by atoms with Crippen LogP contribution < -0.4 is 0 Å². The van der Waals surface area contributed by atoms with Gasteiger partial charge in [-0.1, -0.05) is 54.6 Å². The van der Waals surface area contributed by atoms with Crippen LogP contribution in [-0.2, 0) is 0 Å². The molecular weight excluding hydrogens is 497 g/mol. The molecule has 0 saturated carbocycles. The predicted molar refractivity (Wildman–Crippen MR) is 135 cm³/mol. The molecule has 0 saturated heterocycles. The zero-order valence-corrected chi connectivity index (χ0v) is 19.3. The number of nitrogens with one attached hydrogen (secondary N) is 1. The lowest BCUT2D eigenvalue weighted by atomic mass is 10.0. The van der Waals surface area contributed by atoms with E-state index < -0.39 is 4.92 Å². The van der Waals surface area contributed by atoms with Crippen LogP contribution in [0.5, 0.6) is 0 Å². The summed E-state index contributed by atoms with van der Waals surface area (Å²) in [7, 11) is 0. The number of hydrogen-bond acceptors (Lipinski definition) is 3. The SMILES string of the molecule is O=[N+]([O-])c1cc(-c2nc(-c3ccc(-c4ccccc4)cc3)c(-c3ccc(F)cc3)[nH]2)ccc1Br. The van der Waals surface area contributed by atoms with E-state index in [1.807, 2.05) is 54.6 Å². The minimum absolute atomic E-state index is 0.0500. The molecule has 166 valence electrons. The van der Waals surface area contributed by atoms with Gasteiger partial charge in [-0.3, -0.25) is 10.1 Å². The Morgan fingerprint density at radius 1 is 0.765 bits per heavy atom. The van der Waals surface area contributed by atoms with E-state index >= 15 is 0 Å². The molecule has 0 fully saturated rings. The third-order valence-corrected chi connectivity index (χ3v) is 6.19. The van der Waals surface area contributed by atoms with Gasteiger partial charge >= 0.3 is 0 Å². The van der Waals surface area contributed by atoms with Crippen molar-refractivity contribution in [3.05, 3.63) is 117 Å². The highest BCUT2D eigenvalue weighted by Crippen LogP contribution is 2.36. The van der Waals surface area contributed by atoms with Gasteiger partial charge in [0.05, 0.1) is 20.8 Å². The Hall–Kier alpha value is -4.10. The topological polar surface area (TPSA) is 71.8 Å². The van der Waals surface area contributed by atoms with E-state index in [4.69, 9.17) is 4.98 Å². The van der Waals surface area contributed by atoms with Crippen molar-refractivity contribution in [2.75, 3.05) is 0 Å². The van der Waals surface area contributed by atoms with Crippen LogP contribution in [0, 0.1) is 15.9 Å². The molecule has 1 N–H and O–H groups in total. The van der Waals surface area contributed by atoms with E-state index in [0.717, 1.165) is 22.3 Å². The first-order chi connectivity index (χ1) is 16.5. The maximum Gasteiger partial charge on any atom is 0.284 e. The molecule has 0 aliphatic rings. The second kappa shape index (κ2) is 9.03. The number of hydrogen-bond donors (Lipinski definition) is 1. The number of benzene rings is 4. The van der Waals surface area contributed by atoms with Gasteiger partial charge in [0.15, 0.2) is 0 Å². The molecule has 34 heavy (non-hydrogen) atoms. The summed E-state index contributed by atoms with van der Waals surface area (Å²) in [6, 6.07) is 29.1. The first-order valence-electron chi connectivity index (χ1n) is 10.5. The van der Waals surface area contributed by atoms with Crippen molar-refractivity contribution < 1.29 is 9.31 Å². The van der Waals surface area contributed by atoms with Crippen LogP contribution in [0.4, 0.5) is 10.1 Å². The van der Waals surface area contributed by atoms with Crippen molar-refractivity contribution in [3.63, 3.8) is 0 Å². The molecule has 0 spiro atoms. The molecule has 0 aliphatic heterocycles. The lowest BCUT2D eigenvalue weighted by Crippen LogP contribution is -1.91. The van der Waals surface area contributed by atoms with Crippen LogP contribution in [-0.4, -0.2) is 14.9 Å². The average Bonchev–Trinajstić information content (AvgIpc) is 3.31. The maximum atomic E-state index is 13.6. The summed E-state index contributed by atoms with van der Waals surface area (Å²) in [5.41, 5.74) is 5.71. The van der Waals surface area contributed by atoms with Crippen molar-refractivity contribution in [1.82, 2.24) is 9.97 Å². The fourth-order valence-electron chi connectivity index (χ4n) is 3.80. The number of nitro groups is 1. The summed E-state index contributed by atoms with van der Waals surface area (Å²) in [5.74, 6) is 0.151. The number of aromatic amines is 1. The number of imidazole rings is 1. The Labute approximate surface area is 203 Å². The molecular formula is C27H17BrFN3O2. The summed E-state index contributed by atoms with van der Waals surface area (Å²) >= 11 is 3.22. The normalized spacial score (nSPS) is 10.9. The van der Waals surface area contributed by atoms with Gasteiger partial charge < -0.3 is 4.98 Å². The summed E-state index contributed by atoms with van der Waals surface area (Å²) in [4.78, 5) is 19.1. The molecule has 1 heterocycles. The molecule has 7 heteroatoms. The quantitative estimate of drug-likeness (QED) is 0.192. The van der Waals surface area contributed by atoms with Crippen LogP contribution in [0.2, 0.25) is 0 Å². The summed E-state index contributed by atoms with van der Waals surface area (Å²) < 4.78 is 14.0. The highest BCUT2D eigenvalue weighted by Gasteiger charge is 2.19. The summed E-state index contributed by atoms with van der Waals surface area (Å²) in [5, 5.41) is 11.4. The van der Waals surface area contributed by atoms with Crippen molar-refractivity contribution in [2.45, 2.75) is 0 Å². The molecule has 0 amide bonds. The van der Waals surface area contributed by atoms with Crippen LogP contribution in [0.3, 0.4) is 0 Å². The van der Waals surface area contributed by atoms with Gasteiger partial charge in [0.25, 0.3) is 5.69 Å².